The molecule has 0 aromatic heterocycles. The standard InChI is InChI=1S/C19H16BrClFNO3/c1-2-26-19(25)14(9-23-12-3-4-12)18(24)13-5-10-8-17(22)15(20)6-11(10)7-16(13)21/h5-9,12,24H,2-4H2,1H3/b18-14-,23-9?. The summed E-state index contributed by atoms with van der Waals surface area (Å²) in [4.78, 5) is 16.5. The third-order valence-electron chi connectivity index (χ3n) is 3.93. The Balaban J connectivity index is 2.12. The first-order chi connectivity index (χ1) is 12.4. The number of ether oxygens (including phenoxy) is 1. The molecule has 0 spiro atoms. The smallest absolute Gasteiger partial charge is 0.343 e. The van der Waals surface area contributed by atoms with E-state index >= 15 is 0 Å². The summed E-state index contributed by atoms with van der Waals surface area (Å²) >= 11 is 9.42. The summed E-state index contributed by atoms with van der Waals surface area (Å²) in [5.41, 5.74) is 0.142. The summed E-state index contributed by atoms with van der Waals surface area (Å²) in [6, 6.07) is 6.24. The van der Waals surface area contributed by atoms with Gasteiger partial charge in [-0.15, -0.1) is 0 Å². The maximum Gasteiger partial charge on any atom is 0.343 e. The predicted octanol–water partition coefficient (Wildman–Crippen LogP) is 5.46. The Morgan fingerprint density at radius 3 is 2.73 bits per heavy atom. The van der Waals surface area contributed by atoms with Crippen LogP contribution in [0.25, 0.3) is 16.5 Å². The third-order valence-corrected chi connectivity index (χ3v) is 4.85. The average Bonchev–Trinajstić information content (AvgIpc) is 3.40. The van der Waals surface area contributed by atoms with Gasteiger partial charge in [0.1, 0.15) is 17.1 Å². The summed E-state index contributed by atoms with van der Waals surface area (Å²) in [5.74, 6) is -1.47. The van der Waals surface area contributed by atoms with Crippen LogP contribution < -0.4 is 0 Å². The van der Waals surface area contributed by atoms with Gasteiger partial charge in [-0.25, -0.2) is 9.18 Å². The topological polar surface area (TPSA) is 58.9 Å². The number of aliphatic hydroxyl groups excluding tert-OH is 1. The fourth-order valence-corrected chi connectivity index (χ4v) is 3.04. The summed E-state index contributed by atoms with van der Waals surface area (Å²) in [5, 5.41) is 12.1. The van der Waals surface area contributed by atoms with Gasteiger partial charge >= 0.3 is 5.97 Å². The number of aliphatic hydroxyl groups is 1. The molecular formula is C19H16BrClFNO3. The van der Waals surface area contributed by atoms with Crippen molar-refractivity contribution >= 4 is 56.2 Å². The van der Waals surface area contributed by atoms with Crippen molar-refractivity contribution in [3.05, 3.63) is 50.7 Å². The highest BCUT2D eigenvalue weighted by molar-refractivity contribution is 9.10. The van der Waals surface area contributed by atoms with Crippen molar-refractivity contribution in [2.75, 3.05) is 6.61 Å². The second-order valence-corrected chi connectivity index (χ2v) is 7.20. The molecule has 0 atom stereocenters. The molecule has 1 N–H and O–H groups in total. The van der Waals surface area contributed by atoms with Gasteiger partial charge in [-0.05, 0) is 70.7 Å². The van der Waals surface area contributed by atoms with E-state index < -0.39 is 11.8 Å². The van der Waals surface area contributed by atoms with Gasteiger partial charge in [0, 0.05) is 11.8 Å². The van der Waals surface area contributed by atoms with Gasteiger partial charge in [-0.1, -0.05) is 11.6 Å². The molecule has 0 aliphatic heterocycles. The van der Waals surface area contributed by atoms with Crippen LogP contribution in [0.5, 0.6) is 0 Å². The summed E-state index contributed by atoms with van der Waals surface area (Å²) < 4.78 is 19.2. The zero-order valence-electron chi connectivity index (χ0n) is 13.9. The van der Waals surface area contributed by atoms with Crippen LogP contribution >= 0.6 is 27.5 Å². The Labute approximate surface area is 163 Å². The van der Waals surface area contributed by atoms with Crippen LogP contribution in [0.15, 0.2) is 39.3 Å². The van der Waals surface area contributed by atoms with E-state index in [2.05, 4.69) is 20.9 Å². The summed E-state index contributed by atoms with van der Waals surface area (Å²) in [6.45, 7) is 1.84. The van der Waals surface area contributed by atoms with E-state index in [0.29, 0.717) is 15.2 Å². The van der Waals surface area contributed by atoms with Crippen LogP contribution in [0.1, 0.15) is 25.3 Å². The van der Waals surface area contributed by atoms with E-state index in [1.54, 1.807) is 19.1 Å². The minimum absolute atomic E-state index is 0.0717. The van der Waals surface area contributed by atoms with Crippen molar-refractivity contribution in [2.24, 2.45) is 4.99 Å². The van der Waals surface area contributed by atoms with E-state index in [1.807, 2.05) is 0 Å². The van der Waals surface area contributed by atoms with Gasteiger partial charge in [0.15, 0.2) is 0 Å². The number of nitrogens with zero attached hydrogens (tertiary/aromatic N) is 1. The second kappa shape index (κ2) is 7.76. The minimum Gasteiger partial charge on any atom is -0.506 e. The molecule has 0 radical (unpaired) electrons. The highest BCUT2D eigenvalue weighted by atomic mass is 79.9. The minimum atomic E-state index is -0.687. The average molecular weight is 441 g/mol. The fraction of sp³-hybridized carbons (Fsp3) is 0.263. The van der Waals surface area contributed by atoms with Crippen molar-refractivity contribution in [1.29, 1.82) is 0 Å². The summed E-state index contributed by atoms with van der Waals surface area (Å²) in [7, 11) is 0. The number of hydrogen-bond donors (Lipinski definition) is 1. The molecule has 0 unspecified atom stereocenters. The van der Waals surface area contributed by atoms with Crippen molar-refractivity contribution < 1.29 is 19.0 Å². The number of esters is 1. The van der Waals surface area contributed by atoms with Crippen LogP contribution in [0.2, 0.25) is 5.02 Å². The molecule has 0 bridgehead atoms. The lowest BCUT2D eigenvalue weighted by molar-refractivity contribution is -0.137. The van der Waals surface area contributed by atoms with Crippen molar-refractivity contribution in [2.45, 2.75) is 25.8 Å². The molecule has 1 saturated carbocycles. The molecule has 26 heavy (non-hydrogen) atoms. The molecule has 0 amide bonds. The molecule has 1 aliphatic carbocycles. The first kappa shape index (κ1) is 18.9. The van der Waals surface area contributed by atoms with E-state index in [-0.39, 0.29) is 34.6 Å². The molecule has 136 valence electrons. The Kier molecular flexibility index (Phi) is 5.63. The maximum atomic E-state index is 13.8. The second-order valence-electron chi connectivity index (χ2n) is 5.94. The van der Waals surface area contributed by atoms with Crippen molar-refractivity contribution in [3.8, 4) is 0 Å². The van der Waals surface area contributed by atoms with Crippen LogP contribution in [0.3, 0.4) is 0 Å². The SMILES string of the molecule is CCOC(=O)/C(C=NC1CC1)=C(\O)c1cc2cc(F)c(Br)cc2cc1Cl. The normalized spacial score (nSPS) is 15.4. The zero-order chi connectivity index (χ0) is 18.8. The lowest BCUT2D eigenvalue weighted by Crippen LogP contribution is -2.12. The highest BCUT2D eigenvalue weighted by Crippen LogP contribution is 2.32. The Morgan fingerprint density at radius 1 is 1.38 bits per heavy atom. The number of hydrogen-bond acceptors (Lipinski definition) is 4. The Morgan fingerprint density at radius 2 is 2.08 bits per heavy atom. The number of rotatable bonds is 5. The van der Waals surface area contributed by atoms with E-state index in [4.69, 9.17) is 16.3 Å². The Hall–Kier alpha value is -1.92. The first-order valence-corrected chi connectivity index (χ1v) is 9.30. The van der Waals surface area contributed by atoms with Gasteiger partial charge in [0.25, 0.3) is 0 Å². The van der Waals surface area contributed by atoms with Crippen molar-refractivity contribution in [3.63, 3.8) is 0 Å². The summed E-state index contributed by atoms with van der Waals surface area (Å²) in [6.07, 6.45) is 3.24. The number of carbonyl (C=O) groups excluding carboxylic acids is 1. The van der Waals surface area contributed by atoms with Crippen molar-refractivity contribution in [1.82, 2.24) is 0 Å². The van der Waals surface area contributed by atoms with Gasteiger partial charge in [-0.3, -0.25) is 4.99 Å². The monoisotopic (exact) mass is 439 g/mol. The molecular weight excluding hydrogens is 425 g/mol. The molecule has 0 saturated heterocycles. The predicted molar refractivity (Wildman–Crippen MR) is 104 cm³/mol. The fourth-order valence-electron chi connectivity index (χ4n) is 2.42. The van der Waals surface area contributed by atoms with Crippen LogP contribution in [-0.2, 0) is 9.53 Å². The third kappa shape index (κ3) is 4.07. The van der Waals surface area contributed by atoms with Crippen LogP contribution in [0, 0.1) is 5.82 Å². The largest absolute Gasteiger partial charge is 0.506 e. The molecule has 1 fully saturated rings. The number of fused-ring (bicyclic) bond motifs is 1. The van der Waals surface area contributed by atoms with Gasteiger partial charge in [-0.2, -0.15) is 0 Å². The highest BCUT2D eigenvalue weighted by Gasteiger charge is 2.23. The molecule has 1 aliphatic rings. The quantitative estimate of drug-likeness (QED) is 0.291. The maximum absolute atomic E-state index is 13.8. The number of halogens is 3. The van der Waals surface area contributed by atoms with E-state index in [1.165, 1.54) is 18.3 Å². The molecule has 3 rings (SSSR count). The van der Waals surface area contributed by atoms with Gasteiger partial charge in [0.05, 0.1) is 22.1 Å². The van der Waals surface area contributed by atoms with E-state index in [0.717, 1.165) is 12.8 Å². The van der Waals surface area contributed by atoms with Gasteiger partial charge < -0.3 is 9.84 Å². The Bertz CT molecular complexity index is 938. The number of aliphatic imine (C=N–C) groups is 1. The number of benzene rings is 2. The zero-order valence-corrected chi connectivity index (χ0v) is 16.3. The number of carbonyl (C=O) groups is 1. The van der Waals surface area contributed by atoms with Crippen LogP contribution in [-0.4, -0.2) is 29.9 Å². The molecule has 7 heteroatoms. The van der Waals surface area contributed by atoms with Gasteiger partial charge in [0.2, 0.25) is 0 Å². The molecule has 2 aromatic carbocycles. The lowest BCUT2D eigenvalue weighted by atomic mass is 10.0. The molecule has 4 nitrogen and oxygen atoms in total. The first-order valence-electron chi connectivity index (χ1n) is 8.13. The van der Waals surface area contributed by atoms with E-state index in [9.17, 15) is 14.3 Å². The molecule has 0 heterocycles. The van der Waals surface area contributed by atoms with Crippen LogP contribution in [0.4, 0.5) is 4.39 Å². The molecule has 2 aromatic rings. The lowest BCUT2D eigenvalue weighted by Gasteiger charge is -2.10.